The summed E-state index contributed by atoms with van der Waals surface area (Å²) in [4.78, 5) is 22.9. The lowest BCUT2D eigenvalue weighted by molar-refractivity contribution is -0.138. The van der Waals surface area contributed by atoms with Crippen molar-refractivity contribution in [3.8, 4) is 6.07 Å². The summed E-state index contributed by atoms with van der Waals surface area (Å²) < 4.78 is 0. The van der Waals surface area contributed by atoms with Crippen LogP contribution in [0.15, 0.2) is 0 Å². The van der Waals surface area contributed by atoms with Gasteiger partial charge in [0.25, 0.3) is 0 Å². The molecule has 0 fully saturated rings. The minimum atomic E-state index is -0.978. The molecule has 0 spiro atoms. The molecule has 0 radical (unpaired) electrons. The number of aliphatic carboxylic acids is 1. The first-order valence-corrected chi connectivity index (χ1v) is 5.90. The molecule has 0 heterocycles. The van der Waals surface area contributed by atoms with E-state index in [0.29, 0.717) is 6.54 Å². The van der Waals surface area contributed by atoms with E-state index in [9.17, 15) is 9.59 Å². The Balaban J connectivity index is 4.01. The lowest BCUT2D eigenvalue weighted by Crippen LogP contribution is -2.38. The number of hydrogen-bond donors (Lipinski definition) is 2. The van der Waals surface area contributed by atoms with Gasteiger partial charge in [0.2, 0.25) is 5.91 Å². The molecule has 0 saturated heterocycles. The first-order chi connectivity index (χ1) is 8.26. The molecule has 3 N–H and O–H groups in total. The van der Waals surface area contributed by atoms with E-state index in [4.69, 9.17) is 16.1 Å². The number of primary amides is 1. The highest BCUT2D eigenvalue weighted by Crippen LogP contribution is 2.21. The Bertz CT molecular complexity index is 318. The van der Waals surface area contributed by atoms with Gasteiger partial charge in [-0.05, 0) is 33.2 Å². The van der Waals surface area contributed by atoms with Crippen molar-refractivity contribution in [2.75, 3.05) is 19.6 Å². The highest BCUT2D eigenvalue weighted by Gasteiger charge is 2.16. The number of carboxylic acids is 1. The Labute approximate surface area is 107 Å². The van der Waals surface area contributed by atoms with E-state index in [1.54, 1.807) is 0 Å². The first kappa shape index (κ1) is 16.4. The van der Waals surface area contributed by atoms with Crippen molar-refractivity contribution >= 4 is 11.9 Å². The fourth-order valence-electron chi connectivity index (χ4n) is 1.58. The molecule has 0 aromatic heterocycles. The normalized spacial score (nSPS) is 11.2. The van der Waals surface area contributed by atoms with Crippen molar-refractivity contribution in [1.82, 2.24) is 4.90 Å². The molecule has 0 aliphatic carbocycles. The van der Waals surface area contributed by atoms with Crippen LogP contribution in [0, 0.1) is 16.7 Å². The molecule has 0 aliphatic rings. The van der Waals surface area contributed by atoms with Crippen molar-refractivity contribution in [1.29, 1.82) is 5.26 Å². The van der Waals surface area contributed by atoms with Gasteiger partial charge in [-0.2, -0.15) is 5.26 Å². The third-order valence-electron chi connectivity index (χ3n) is 2.57. The minimum absolute atomic E-state index is 0.0477. The summed E-state index contributed by atoms with van der Waals surface area (Å²) >= 11 is 0. The summed E-state index contributed by atoms with van der Waals surface area (Å²) in [6.45, 7) is 3.99. The summed E-state index contributed by atoms with van der Waals surface area (Å²) in [5.74, 6) is -1.51. The van der Waals surface area contributed by atoms with Gasteiger partial charge in [-0.15, -0.1) is 0 Å². The maximum atomic E-state index is 10.8. The van der Waals surface area contributed by atoms with Crippen molar-refractivity contribution in [3.63, 3.8) is 0 Å². The molecular formula is C12H21N3O3. The number of rotatable bonds is 9. The number of carbonyl (C=O) groups is 2. The van der Waals surface area contributed by atoms with Crippen LogP contribution in [0.3, 0.4) is 0 Å². The molecule has 0 unspecified atom stereocenters. The molecule has 0 aliphatic heterocycles. The van der Waals surface area contributed by atoms with Crippen LogP contribution in [0.25, 0.3) is 0 Å². The number of nitrogens with zero attached hydrogens (tertiary/aromatic N) is 2. The van der Waals surface area contributed by atoms with Crippen LogP contribution in [0.5, 0.6) is 0 Å². The fraction of sp³-hybridized carbons (Fsp3) is 0.750. The second-order valence-electron chi connectivity index (χ2n) is 5.02. The van der Waals surface area contributed by atoms with Crippen LogP contribution in [0.4, 0.5) is 0 Å². The number of carboxylic acid groups (broad SMARTS) is 1. The quantitative estimate of drug-likeness (QED) is 0.586. The molecule has 0 rings (SSSR count). The van der Waals surface area contributed by atoms with Crippen LogP contribution >= 0.6 is 0 Å². The Morgan fingerprint density at radius 3 is 2.39 bits per heavy atom. The Morgan fingerprint density at radius 1 is 1.33 bits per heavy atom. The minimum Gasteiger partial charge on any atom is -0.480 e. The average Bonchev–Trinajstić information content (AvgIpc) is 2.22. The molecule has 102 valence electrons. The van der Waals surface area contributed by atoms with Crippen LogP contribution in [0.2, 0.25) is 0 Å². The van der Waals surface area contributed by atoms with Crippen molar-refractivity contribution in [2.24, 2.45) is 11.1 Å². The number of nitriles is 1. The molecule has 1 amide bonds. The summed E-state index contributed by atoms with van der Waals surface area (Å²) in [7, 11) is 0. The molecule has 6 nitrogen and oxygen atoms in total. The van der Waals surface area contributed by atoms with Crippen molar-refractivity contribution in [2.45, 2.75) is 33.1 Å². The lowest BCUT2D eigenvalue weighted by Gasteiger charge is -2.19. The van der Waals surface area contributed by atoms with Gasteiger partial charge in [0.1, 0.15) is 0 Å². The van der Waals surface area contributed by atoms with Gasteiger partial charge in [-0.3, -0.25) is 14.5 Å². The predicted octanol–water partition coefficient (Wildman–Crippen LogP) is 0.578. The number of hydrogen-bond acceptors (Lipinski definition) is 4. The highest BCUT2D eigenvalue weighted by molar-refractivity contribution is 5.77. The van der Waals surface area contributed by atoms with E-state index in [0.717, 1.165) is 19.3 Å². The van der Waals surface area contributed by atoms with Crippen LogP contribution < -0.4 is 5.73 Å². The molecule has 6 heteroatoms. The molecule has 18 heavy (non-hydrogen) atoms. The summed E-state index contributed by atoms with van der Waals surface area (Å²) in [5.41, 5.74) is 4.69. The number of amides is 1. The first-order valence-electron chi connectivity index (χ1n) is 5.90. The van der Waals surface area contributed by atoms with E-state index >= 15 is 0 Å². The average molecular weight is 255 g/mol. The van der Waals surface area contributed by atoms with Gasteiger partial charge in [0.05, 0.1) is 24.6 Å². The third kappa shape index (κ3) is 8.53. The van der Waals surface area contributed by atoms with E-state index in [1.165, 1.54) is 4.90 Å². The van der Waals surface area contributed by atoms with Gasteiger partial charge in [-0.25, -0.2) is 0 Å². The van der Waals surface area contributed by atoms with Crippen molar-refractivity contribution in [3.05, 3.63) is 0 Å². The molecule has 0 aromatic carbocycles. The largest absolute Gasteiger partial charge is 0.480 e. The zero-order valence-electron chi connectivity index (χ0n) is 11.0. The van der Waals surface area contributed by atoms with Gasteiger partial charge < -0.3 is 10.8 Å². The molecule has 0 aromatic rings. The summed E-state index contributed by atoms with van der Waals surface area (Å²) in [6, 6.07) is 2.21. The maximum Gasteiger partial charge on any atom is 0.317 e. The standard InChI is InChI=1S/C12H21N3O3/c1-12(2,9-13)5-3-4-6-15(7-10(14)16)8-11(17)18/h3-8H2,1-2H3,(H2,14,16)(H,17,18). The molecule has 0 atom stereocenters. The third-order valence-corrected chi connectivity index (χ3v) is 2.57. The monoisotopic (exact) mass is 255 g/mol. The zero-order chi connectivity index (χ0) is 14.2. The Kier molecular flexibility index (Phi) is 6.98. The van der Waals surface area contributed by atoms with Crippen molar-refractivity contribution < 1.29 is 14.7 Å². The fourth-order valence-corrected chi connectivity index (χ4v) is 1.58. The number of nitrogens with two attached hydrogens (primary N) is 1. The van der Waals surface area contributed by atoms with Crippen LogP contribution in [-0.2, 0) is 9.59 Å². The number of unbranched alkanes of at least 4 members (excludes halogenated alkanes) is 1. The SMILES string of the molecule is CC(C)(C#N)CCCCN(CC(N)=O)CC(=O)O. The van der Waals surface area contributed by atoms with E-state index in [1.807, 2.05) is 13.8 Å². The van der Waals surface area contributed by atoms with Gasteiger partial charge in [0.15, 0.2) is 0 Å². The van der Waals surface area contributed by atoms with E-state index in [2.05, 4.69) is 6.07 Å². The van der Waals surface area contributed by atoms with Gasteiger partial charge >= 0.3 is 5.97 Å². The lowest BCUT2D eigenvalue weighted by atomic mass is 9.89. The topological polar surface area (TPSA) is 107 Å². The van der Waals surface area contributed by atoms with E-state index < -0.39 is 11.9 Å². The zero-order valence-corrected chi connectivity index (χ0v) is 11.0. The van der Waals surface area contributed by atoms with Gasteiger partial charge in [0, 0.05) is 0 Å². The molecule has 0 bridgehead atoms. The maximum absolute atomic E-state index is 10.8. The van der Waals surface area contributed by atoms with Crippen LogP contribution in [-0.4, -0.2) is 41.5 Å². The smallest absolute Gasteiger partial charge is 0.317 e. The van der Waals surface area contributed by atoms with Gasteiger partial charge in [-0.1, -0.05) is 6.42 Å². The summed E-state index contributed by atoms with van der Waals surface area (Å²) in [5, 5.41) is 17.5. The van der Waals surface area contributed by atoms with E-state index in [-0.39, 0.29) is 18.5 Å². The highest BCUT2D eigenvalue weighted by atomic mass is 16.4. The second kappa shape index (κ2) is 7.67. The molecule has 0 saturated carbocycles. The summed E-state index contributed by atoms with van der Waals surface area (Å²) in [6.07, 6.45) is 2.31. The predicted molar refractivity (Wildman–Crippen MR) is 66.5 cm³/mol. The Hall–Kier alpha value is -1.61. The number of carbonyl (C=O) groups excluding carboxylic acids is 1. The van der Waals surface area contributed by atoms with Crippen LogP contribution in [0.1, 0.15) is 33.1 Å². The Morgan fingerprint density at radius 2 is 1.94 bits per heavy atom. The second-order valence-corrected chi connectivity index (χ2v) is 5.02. The molecular weight excluding hydrogens is 234 g/mol.